The molecule has 9 nitrogen and oxygen atoms in total. The Labute approximate surface area is 183 Å². The summed E-state index contributed by atoms with van der Waals surface area (Å²) < 4.78 is 10.7. The molecule has 3 aromatic carbocycles. The number of hydrogen-bond donors (Lipinski definition) is 1. The van der Waals surface area contributed by atoms with E-state index < -0.39 is 10.6 Å². The number of nitrogens with zero attached hydrogens (tertiary/aromatic N) is 3. The molecule has 0 radical (unpaired) electrons. The predicted molar refractivity (Wildman–Crippen MR) is 117 cm³/mol. The Morgan fingerprint density at radius 2 is 1.91 bits per heavy atom. The minimum atomic E-state index is -1.16. The number of hydrazone groups is 1. The third kappa shape index (κ3) is 3.20. The minimum Gasteiger partial charge on any atom is -0.454 e. The summed E-state index contributed by atoms with van der Waals surface area (Å²) in [5.41, 5.74) is 1.08. The summed E-state index contributed by atoms with van der Waals surface area (Å²) in [5.74, 6) is 0.919. The van der Waals surface area contributed by atoms with Crippen molar-refractivity contribution in [3.8, 4) is 11.5 Å². The van der Waals surface area contributed by atoms with Gasteiger partial charge in [0.05, 0.1) is 16.7 Å². The molecular formula is C23H18N4O5. The summed E-state index contributed by atoms with van der Waals surface area (Å²) in [5, 5.41) is 20.5. The molecule has 0 saturated heterocycles. The first-order chi connectivity index (χ1) is 15.5. The smallest absolute Gasteiger partial charge is 0.278 e. The first-order valence-electron chi connectivity index (χ1n) is 9.86. The predicted octanol–water partition coefficient (Wildman–Crippen LogP) is 4.10. The Balaban J connectivity index is 1.59. The Bertz CT molecular complexity index is 1270. The van der Waals surface area contributed by atoms with Crippen molar-refractivity contribution >= 4 is 23.5 Å². The number of carbonyl (C=O) groups excluding carboxylic acids is 1. The number of amides is 1. The number of anilines is 1. The van der Waals surface area contributed by atoms with E-state index in [1.54, 1.807) is 61.7 Å². The van der Waals surface area contributed by atoms with Crippen LogP contribution in [0.25, 0.3) is 0 Å². The third-order valence-corrected chi connectivity index (χ3v) is 5.49. The van der Waals surface area contributed by atoms with Gasteiger partial charge in [0.25, 0.3) is 11.6 Å². The molecule has 5 rings (SSSR count). The molecule has 9 heteroatoms. The molecule has 32 heavy (non-hydrogen) atoms. The van der Waals surface area contributed by atoms with E-state index in [2.05, 4.69) is 10.4 Å². The van der Waals surface area contributed by atoms with Gasteiger partial charge in [-0.05, 0) is 42.8 Å². The van der Waals surface area contributed by atoms with Crippen LogP contribution in [0.5, 0.6) is 11.5 Å². The second-order valence-electron chi connectivity index (χ2n) is 7.52. The lowest BCUT2D eigenvalue weighted by atomic mass is 9.95. The SMILES string of the molecule is C[C@@]1(c2cccc([N+](=O)[O-])c2)Nc2ccccc2C(=O)N1/N=C\c1ccc2c(c1)OCO2. The van der Waals surface area contributed by atoms with E-state index in [0.717, 1.165) is 0 Å². The average Bonchev–Trinajstić information content (AvgIpc) is 3.27. The standard InChI is InChI=1S/C23H18N4O5/c1-23(16-5-4-6-17(12-16)27(29)30)25-19-8-3-2-7-18(19)22(28)26(23)24-13-15-9-10-20-21(11-15)32-14-31-20/h2-13,25H,14H2,1H3/b24-13-/t23-/m1/s1. The van der Waals surface area contributed by atoms with Crippen LogP contribution in [0.4, 0.5) is 11.4 Å². The van der Waals surface area contributed by atoms with Crippen LogP contribution in [0.1, 0.15) is 28.4 Å². The Hall–Kier alpha value is -4.40. The highest BCUT2D eigenvalue weighted by Gasteiger charge is 2.43. The van der Waals surface area contributed by atoms with Crippen LogP contribution in [0, 0.1) is 10.1 Å². The van der Waals surface area contributed by atoms with E-state index in [-0.39, 0.29) is 18.4 Å². The van der Waals surface area contributed by atoms with Crippen LogP contribution in [0.2, 0.25) is 0 Å². The van der Waals surface area contributed by atoms with Gasteiger partial charge in [-0.3, -0.25) is 14.9 Å². The number of nitrogens with one attached hydrogen (secondary N) is 1. The average molecular weight is 430 g/mol. The first kappa shape index (κ1) is 19.6. The van der Waals surface area contributed by atoms with Crippen molar-refractivity contribution in [3.05, 3.63) is 93.5 Å². The molecule has 1 amide bonds. The Morgan fingerprint density at radius 1 is 1.09 bits per heavy atom. The second kappa shape index (κ2) is 7.38. The molecule has 0 bridgehead atoms. The Kier molecular flexibility index (Phi) is 4.51. The number of rotatable bonds is 4. The van der Waals surface area contributed by atoms with Gasteiger partial charge < -0.3 is 14.8 Å². The second-order valence-corrected chi connectivity index (χ2v) is 7.52. The highest BCUT2D eigenvalue weighted by Crippen LogP contribution is 2.39. The monoisotopic (exact) mass is 430 g/mol. The number of hydrogen-bond acceptors (Lipinski definition) is 7. The van der Waals surface area contributed by atoms with Gasteiger partial charge in [0.1, 0.15) is 0 Å². The lowest BCUT2D eigenvalue weighted by Crippen LogP contribution is -2.53. The van der Waals surface area contributed by atoms with Gasteiger partial charge in [-0.2, -0.15) is 10.1 Å². The molecule has 2 aliphatic heterocycles. The van der Waals surface area contributed by atoms with Gasteiger partial charge in [-0.25, -0.2) is 0 Å². The largest absolute Gasteiger partial charge is 0.454 e. The fraction of sp³-hybridized carbons (Fsp3) is 0.130. The van der Waals surface area contributed by atoms with E-state index >= 15 is 0 Å². The molecule has 2 aliphatic rings. The molecule has 0 aromatic heterocycles. The van der Waals surface area contributed by atoms with Crippen molar-refractivity contribution in [1.29, 1.82) is 0 Å². The number of para-hydroxylation sites is 1. The highest BCUT2D eigenvalue weighted by atomic mass is 16.7. The van der Waals surface area contributed by atoms with Crippen molar-refractivity contribution in [2.45, 2.75) is 12.6 Å². The zero-order valence-electron chi connectivity index (χ0n) is 17.0. The molecule has 1 N–H and O–H groups in total. The normalized spacial score (nSPS) is 19.0. The van der Waals surface area contributed by atoms with Crippen LogP contribution < -0.4 is 14.8 Å². The van der Waals surface area contributed by atoms with E-state index in [1.807, 2.05) is 6.07 Å². The molecule has 1 atom stereocenters. The fourth-order valence-corrected chi connectivity index (χ4v) is 3.81. The number of fused-ring (bicyclic) bond motifs is 2. The van der Waals surface area contributed by atoms with E-state index in [0.29, 0.717) is 33.9 Å². The van der Waals surface area contributed by atoms with Crippen molar-refractivity contribution in [2.75, 3.05) is 12.1 Å². The van der Waals surface area contributed by atoms with E-state index in [4.69, 9.17) is 9.47 Å². The molecule has 0 spiro atoms. The maximum Gasteiger partial charge on any atom is 0.278 e. The Morgan fingerprint density at radius 3 is 2.75 bits per heavy atom. The van der Waals surface area contributed by atoms with Crippen LogP contribution >= 0.6 is 0 Å². The van der Waals surface area contributed by atoms with E-state index in [1.165, 1.54) is 17.1 Å². The number of benzene rings is 3. The van der Waals surface area contributed by atoms with Gasteiger partial charge in [-0.1, -0.05) is 24.3 Å². The number of nitro benzene ring substituents is 1. The van der Waals surface area contributed by atoms with Crippen LogP contribution in [-0.2, 0) is 5.66 Å². The quantitative estimate of drug-likeness (QED) is 0.379. The van der Waals surface area contributed by atoms with Crippen LogP contribution in [0.3, 0.4) is 0 Å². The lowest BCUT2D eigenvalue weighted by Gasteiger charge is -2.43. The zero-order chi connectivity index (χ0) is 22.3. The van der Waals surface area contributed by atoms with Gasteiger partial charge in [-0.15, -0.1) is 0 Å². The molecule has 2 heterocycles. The summed E-state index contributed by atoms with van der Waals surface area (Å²) in [6.45, 7) is 1.92. The number of ether oxygens (including phenoxy) is 2. The van der Waals surface area contributed by atoms with Gasteiger partial charge in [0, 0.05) is 23.4 Å². The zero-order valence-corrected chi connectivity index (χ0v) is 17.0. The van der Waals surface area contributed by atoms with E-state index in [9.17, 15) is 14.9 Å². The molecular weight excluding hydrogens is 412 g/mol. The fourth-order valence-electron chi connectivity index (χ4n) is 3.81. The van der Waals surface area contributed by atoms with Crippen LogP contribution in [0.15, 0.2) is 71.8 Å². The van der Waals surface area contributed by atoms with Gasteiger partial charge in [0.2, 0.25) is 6.79 Å². The van der Waals surface area contributed by atoms with Gasteiger partial charge in [0.15, 0.2) is 17.2 Å². The highest BCUT2D eigenvalue weighted by molar-refractivity contribution is 6.02. The van der Waals surface area contributed by atoms with Crippen molar-refractivity contribution in [3.63, 3.8) is 0 Å². The minimum absolute atomic E-state index is 0.0727. The molecule has 0 fully saturated rings. The van der Waals surface area contributed by atoms with Crippen molar-refractivity contribution in [2.24, 2.45) is 5.10 Å². The number of nitro groups is 1. The summed E-state index contributed by atoms with van der Waals surface area (Å²) in [6, 6.07) is 18.6. The molecule has 0 aliphatic carbocycles. The number of carbonyl (C=O) groups is 1. The van der Waals surface area contributed by atoms with Crippen molar-refractivity contribution < 1.29 is 19.2 Å². The maximum absolute atomic E-state index is 13.4. The number of non-ortho nitro benzene ring substituents is 1. The maximum atomic E-state index is 13.4. The summed E-state index contributed by atoms with van der Waals surface area (Å²) in [7, 11) is 0. The summed E-state index contributed by atoms with van der Waals surface area (Å²) >= 11 is 0. The van der Waals surface area contributed by atoms with Gasteiger partial charge >= 0.3 is 0 Å². The molecule has 0 saturated carbocycles. The third-order valence-electron chi connectivity index (χ3n) is 5.49. The summed E-state index contributed by atoms with van der Waals surface area (Å²) in [6.07, 6.45) is 1.55. The topological polar surface area (TPSA) is 106 Å². The first-order valence-corrected chi connectivity index (χ1v) is 9.86. The van der Waals surface area contributed by atoms with Crippen LogP contribution in [-0.4, -0.2) is 28.8 Å². The molecule has 160 valence electrons. The molecule has 3 aromatic rings. The van der Waals surface area contributed by atoms with Crippen molar-refractivity contribution in [1.82, 2.24) is 5.01 Å². The molecule has 0 unspecified atom stereocenters. The summed E-state index contributed by atoms with van der Waals surface area (Å²) in [4.78, 5) is 24.3. The lowest BCUT2D eigenvalue weighted by molar-refractivity contribution is -0.385.